The molecule has 29 heavy (non-hydrogen) atoms. The molecule has 2 saturated heterocycles. The molecule has 8 nitrogen and oxygen atoms in total. The molecule has 2 atom stereocenters. The second kappa shape index (κ2) is 8.79. The molecule has 2 unspecified atom stereocenters. The minimum atomic E-state index is -1.88. The fourth-order valence-electron chi connectivity index (χ4n) is 3.42. The number of benzene rings is 1. The van der Waals surface area contributed by atoms with Crippen molar-refractivity contribution in [2.75, 3.05) is 51.0 Å². The molecular formula is C17H20Cl3FN3O5+. The first-order valence-electron chi connectivity index (χ1n) is 8.83. The van der Waals surface area contributed by atoms with Gasteiger partial charge in [0.1, 0.15) is 6.61 Å². The van der Waals surface area contributed by atoms with Gasteiger partial charge in [0.25, 0.3) is 0 Å². The van der Waals surface area contributed by atoms with Crippen molar-refractivity contribution in [3.8, 4) is 0 Å². The minimum Gasteiger partial charge on any atom is -0.415 e. The van der Waals surface area contributed by atoms with E-state index in [1.54, 1.807) is 0 Å². The predicted molar refractivity (Wildman–Crippen MR) is 107 cm³/mol. The van der Waals surface area contributed by atoms with Crippen molar-refractivity contribution in [3.63, 3.8) is 0 Å². The van der Waals surface area contributed by atoms with Crippen LogP contribution in [0.5, 0.6) is 0 Å². The number of alkyl halides is 3. The van der Waals surface area contributed by atoms with Gasteiger partial charge in [-0.2, -0.15) is 9.59 Å². The van der Waals surface area contributed by atoms with Crippen LogP contribution in [0, 0.1) is 5.82 Å². The summed E-state index contributed by atoms with van der Waals surface area (Å²) in [6, 6.07) is 3.26. The van der Waals surface area contributed by atoms with Gasteiger partial charge in [0.05, 0.1) is 25.4 Å². The van der Waals surface area contributed by atoms with Crippen LogP contribution in [0.25, 0.3) is 0 Å². The van der Waals surface area contributed by atoms with Gasteiger partial charge in [-0.3, -0.25) is 0 Å². The maximum Gasteiger partial charge on any atom is 0.532 e. The number of carbonyl (C=O) groups is 2. The van der Waals surface area contributed by atoms with Crippen LogP contribution in [0.4, 0.5) is 25.4 Å². The molecule has 0 spiro atoms. The topological polar surface area (TPSA) is 91.1 Å². The van der Waals surface area contributed by atoms with Gasteiger partial charge >= 0.3 is 12.2 Å². The average molecular weight is 472 g/mol. The SMILES string of the molecule is NCC1COC(=O)[N+]1(C(=O)OCC(Cl)(Cl)Cl)c1ccc(N2CCOCC2)c(F)c1. The second-order valence-corrected chi connectivity index (χ2v) is 9.11. The third kappa shape index (κ3) is 4.40. The molecule has 0 saturated carbocycles. The first kappa shape index (κ1) is 22.3. The Kier molecular flexibility index (Phi) is 6.77. The largest absolute Gasteiger partial charge is 0.532 e. The van der Waals surface area contributed by atoms with E-state index in [9.17, 15) is 14.0 Å². The average Bonchev–Trinajstić information content (AvgIpc) is 3.03. The third-order valence-electron chi connectivity index (χ3n) is 4.84. The quantitative estimate of drug-likeness (QED) is 0.533. The first-order valence-corrected chi connectivity index (χ1v) is 9.96. The molecule has 0 aromatic heterocycles. The fraction of sp³-hybridized carbons (Fsp3) is 0.529. The summed E-state index contributed by atoms with van der Waals surface area (Å²) < 4.78 is 27.4. The van der Waals surface area contributed by atoms with Gasteiger partial charge in [0.2, 0.25) is 3.79 Å². The van der Waals surface area contributed by atoms with Crippen LogP contribution in [-0.2, 0) is 14.2 Å². The fourth-order valence-corrected chi connectivity index (χ4v) is 3.59. The summed E-state index contributed by atoms with van der Waals surface area (Å²) in [7, 11) is 0. The maximum absolute atomic E-state index is 15.0. The van der Waals surface area contributed by atoms with E-state index in [0.29, 0.717) is 32.0 Å². The van der Waals surface area contributed by atoms with Crippen LogP contribution < -0.4 is 15.1 Å². The second-order valence-electron chi connectivity index (χ2n) is 6.59. The van der Waals surface area contributed by atoms with E-state index in [1.165, 1.54) is 12.1 Å². The Morgan fingerprint density at radius 2 is 2.03 bits per heavy atom. The molecular weight excluding hydrogens is 452 g/mol. The van der Waals surface area contributed by atoms with Crippen molar-refractivity contribution >= 4 is 58.4 Å². The Bertz CT molecular complexity index is 788. The summed E-state index contributed by atoms with van der Waals surface area (Å²) in [5, 5.41) is 0. The number of carbonyl (C=O) groups excluding carboxylic acids is 2. The number of imide groups is 1. The molecule has 0 bridgehead atoms. The molecule has 3 rings (SSSR count). The third-order valence-corrected chi connectivity index (χ3v) is 5.17. The number of ether oxygens (including phenoxy) is 3. The molecule has 0 radical (unpaired) electrons. The van der Waals surface area contributed by atoms with Crippen LogP contribution in [-0.4, -0.2) is 68.1 Å². The minimum absolute atomic E-state index is 0.0202. The summed E-state index contributed by atoms with van der Waals surface area (Å²) in [6.45, 7) is 1.17. The van der Waals surface area contributed by atoms with E-state index in [0.717, 1.165) is 6.07 Å². The molecule has 2 aliphatic heterocycles. The van der Waals surface area contributed by atoms with Crippen molar-refractivity contribution < 1.29 is 28.2 Å². The molecule has 2 fully saturated rings. The Morgan fingerprint density at radius 1 is 1.34 bits per heavy atom. The Morgan fingerprint density at radius 3 is 2.62 bits per heavy atom. The van der Waals surface area contributed by atoms with Crippen molar-refractivity contribution in [2.24, 2.45) is 5.73 Å². The summed E-state index contributed by atoms with van der Waals surface area (Å²) in [5.41, 5.74) is 6.12. The highest BCUT2D eigenvalue weighted by atomic mass is 35.6. The highest BCUT2D eigenvalue weighted by Crippen LogP contribution is 2.37. The number of hydrogen-bond donors (Lipinski definition) is 1. The van der Waals surface area contributed by atoms with Gasteiger partial charge in [0.15, 0.2) is 24.2 Å². The van der Waals surface area contributed by atoms with E-state index >= 15 is 0 Å². The lowest BCUT2D eigenvalue weighted by molar-refractivity contribution is 0.106. The zero-order valence-corrected chi connectivity index (χ0v) is 17.6. The Balaban J connectivity index is 1.99. The number of amides is 2. The Labute approximate surface area is 181 Å². The number of rotatable bonds is 4. The van der Waals surface area contributed by atoms with Crippen LogP contribution in [0.1, 0.15) is 0 Å². The number of hydrogen-bond acceptors (Lipinski definition) is 7. The normalized spacial score (nSPS) is 25.1. The molecule has 0 aliphatic carbocycles. The Hall–Kier alpha value is -1.36. The maximum atomic E-state index is 15.0. The van der Waals surface area contributed by atoms with Gasteiger partial charge in [-0.1, -0.05) is 39.3 Å². The van der Waals surface area contributed by atoms with Crippen molar-refractivity contribution in [1.82, 2.24) is 4.48 Å². The van der Waals surface area contributed by atoms with Crippen LogP contribution in [0.3, 0.4) is 0 Å². The summed E-state index contributed by atoms with van der Waals surface area (Å²) >= 11 is 16.9. The molecule has 160 valence electrons. The van der Waals surface area contributed by atoms with Crippen molar-refractivity contribution in [3.05, 3.63) is 24.0 Å². The number of halogens is 4. The van der Waals surface area contributed by atoms with Gasteiger partial charge in [-0.25, -0.2) is 4.39 Å². The van der Waals surface area contributed by atoms with E-state index in [4.69, 9.17) is 54.7 Å². The number of quaternary nitrogens is 1. The van der Waals surface area contributed by atoms with E-state index < -0.39 is 38.9 Å². The van der Waals surface area contributed by atoms with E-state index in [1.807, 2.05) is 4.90 Å². The number of nitrogens with zero attached hydrogens (tertiary/aromatic N) is 2. The highest BCUT2D eigenvalue weighted by molar-refractivity contribution is 6.67. The zero-order valence-electron chi connectivity index (χ0n) is 15.3. The van der Waals surface area contributed by atoms with E-state index in [2.05, 4.69) is 0 Å². The lowest BCUT2D eigenvalue weighted by Crippen LogP contribution is -2.63. The van der Waals surface area contributed by atoms with Gasteiger partial charge in [-0.05, 0) is 6.07 Å². The molecule has 1 aromatic rings. The molecule has 12 heteroatoms. The smallest absolute Gasteiger partial charge is 0.415 e. The number of morpholine rings is 1. The van der Waals surface area contributed by atoms with E-state index in [-0.39, 0.29) is 18.8 Å². The summed E-state index contributed by atoms with van der Waals surface area (Å²) in [5.74, 6) is -0.605. The van der Waals surface area contributed by atoms with Crippen LogP contribution in [0.15, 0.2) is 18.2 Å². The molecule has 2 heterocycles. The van der Waals surface area contributed by atoms with Gasteiger partial charge < -0.3 is 24.8 Å². The van der Waals surface area contributed by atoms with Crippen molar-refractivity contribution in [2.45, 2.75) is 9.83 Å². The molecule has 2 amide bonds. The van der Waals surface area contributed by atoms with Gasteiger partial charge in [-0.15, -0.1) is 0 Å². The number of cyclic esters (lactones) is 1. The standard InChI is InChI=1S/C17H20Cl3FN3O5/c18-17(19,20)10-29-16(26)24(12(8-22)9-28-15(24)25)11-1-2-14(13(21)7-11)23-3-5-27-6-4-23/h1-2,7,12H,3-6,8-10,22H2/q+1. The lowest BCUT2D eigenvalue weighted by Gasteiger charge is -2.31. The summed E-state index contributed by atoms with van der Waals surface area (Å²) in [6.07, 6.45) is -2.00. The highest BCUT2D eigenvalue weighted by Gasteiger charge is 2.62. The molecule has 1 aromatic carbocycles. The molecule has 2 N–H and O–H groups in total. The first-order chi connectivity index (χ1) is 13.7. The monoisotopic (exact) mass is 470 g/mol. The van der Waals surface area contributed by atoms with Crippen molar-refractivity contribution in [1.29, 1.82) is 0 Å². The predicted octanol–water partition coefficient (Wildman–Crippen LogP) is 2.95. The molecule has 2 aliphatic rings. The zero-order chi connectivity index (χ0) is 21.2. The van der Waals surface area contributed by atoms with Crippen LogP contribution in [0.2, 0.25) is 0 Å². The van der Waals surface area contributed by atoms with Gasteiger partial charge in [0, 0.05) is 25.2 Å². The van der Waals surface area contributed by atoms with Crippen LogP contribution >= 0.6 is 34.8 Å². The number of anilines is 1. The number of nitrogens with two attached hydrogens (primary N) is 1. The lowest BCUT2D eigenvalue weighted by atomic mass is 10.1. The summed E-state index contributed by atoms with van der Waals surface area (Å²) in [4.78, 5) is 27.5.